The molecular weight excluding hydrogens is 260 g/mol. The number of hydrogen-bond acceptors (Lipinski definition) is 3. The highest BCUT2D eigenvalue weighted by molar-refractivity contribution is 5.74. The van der Waals surface area contributed by atoms with E-state index in [1.807, 2.05) is 0 Å². The topological polar surface area (TPSA) is 44.0 Å². The molecule has 4 rings (SSSR count). The van der Waals surface area contributed by atoms with Crippen LogP contribution in [0.2, 0.25) is 0 Å². The van der Waals surface area contributed by atoms with Gasteiger partial charge in [-0.1, -0.05) is 18.6 Å². The monoisotopic (exact) mass is 284 g/mol. The van der Waals surface area contributed by atoms with Crippen LogP contribution in [-0.2, 0) is 6.54 Å². The van der Waals surface area contributed by atoms with Gasteiger partial charge < -0.3 is 10.3 Å². The molecule has 2 aliphatic rings. The molecule has 4 nitrogen and oxygen atoms in total. The van der Waals surface area contributed by atoms with Crippen molar-refractivity contribution in [1.29, 1.82) is 0 Å². The largest absolute Gasteiger partial charge is 0.341 e. The summed E-state index contributed by atoms with van der Waals surface area (Å²) in [6.07, 6.45) is 6.70. The van der Waals surface area contributed by atoms with E-state index in [1.165, 1.54) is 45.2 Å². The van der Waals surface area contributed by atoms with E-state index < -0.39 is 0 Å². The molecule has 2 aromatic rings. The Morgan fingerprint density at radius 3 is 2.95 bits per heavy atom. The van der Waals surface area contributed by atoms with Gasteiger partial charge in [-0.25, -0.2) is 4.98 Å². The van der Waals surface area contributed by atoms with Gasteiger partial charge in [0.15, 0.2) is 0 Å². The lowest BCUT2D eigenvalue weighted by molar-refractivity contribution is 0.110. The highest BCUT2D eigenvalue weighted by atomic mass is 15.2. The quantitative estimate of drug-likeness (QED) is 0.911. The number of imidazole rings is 1. The molecule has 0 saturated carbocycles. The second-order valence-electron chi connectivity index (χ2n) is 6.44. The van der Waals surface area contributed by atoms with Crippen molar-refractivity contribution in [2.45, 2.75) is 50.7 Å². The molecule has 1 aromatic heterocycles. The summed E-state index contributed by atoms with van der Waals surface area (Å²) in [7, 11) is 0. The van der Waals surface area contributed by atoms with Crippen LogP contribution < -0.4 is 5.32 Å². The Labute approximate surface area is 125 Å². The van der Waals surface area contributed by atoms with Gasteiger partial charge in [0, 0.05) is 12.1 Å². The number of H-pyrrole nitrogens is 1. The van der Waals surface area contributed by atoms with Gasteiger partial charge in [-0.05, 0) is 50.9 Å². The average Bonchev–Trinajstić information content (AvgIpc) is 3.16. The number of aromatic amines is 1. The summed E-state index contributed by atoms with van der Waals surface area (Å²) < 4.78 is 0. The van der Waals surface area contributed by atoms with Gasteiger partial charge in [-0.15, -0.1) is 0 Å². The van der Waals surface area contributed by atoms with Crippen LogP contribution in [0.15, 0.2) is 24.3 Å². The van der Waals surface area contributed by atoms with Crippen LogP contribution in [0.4, 0.5) is 0 Å². The van der Waals surface area contributed by atoms with Crippen molar-refractivity contribution in [3.05, 3.63) is 30.1 Å². The smallest absolute Gasteiger partial charge is 0.121 e. The first-order chi connectivity index (χ1) is 10.4. The molecule has 2 saturated heterocycles. The summed E-state index contributed by atoms with van der Waals surface area (Å²) in [6.45, 7) is 3.36. The Kier molecular flexibility index (Phi) is 3.65. The maximum Gasteiger partial charge on any atom is 0.121 e. The van der Waals surface area contributed by atoms with Crippen LogP contribution in [0.3, 0.4) is 0 Å². The number of para-hydroxylation sites is 2. The predicted octanol–water partition coefficient (Wildman–Crippen LogP) is 2.67. The fraction of sp³-hybridized carbons (Fsp3) is 0.588. The zero-order valence-electron chi connectivity index (χ0n) is 12.5. The number of piperidine rings is 1. The molecule has 0 bridgehead atoms. The molecule has 3 heterocycles. The average molecular weight is 284 g/mol. The van der Waals surface area contributed by atoms with Crippen molar-refractivity contribution in [3.63, 3.8) is 0 Å². The number of fused-ring (bicyclic) bond motifs is 1. The van der Waals surface area contributed by atoms with Crippen molar-refractivity contribution >= 4 is 11.0 Å². The van der Waals surface area contributed by atoms with Crippen molar-refractivity contribution in [1.82, 2.24) is 20.2 Å². The fourth-order valence-corrected chi connectivity index (χ4v) is 3.98. The van der Waals surface area contributed by atoms with Crippen LogP contribution >= 0.6 is 0 Å². The third-order valence-corrected chi connectivity index (χ3v) is 5.02. The molecule has 2 unspecified atom stereocenters. The third-order valence-electron chi connectivity index (χ3n) is 5.02. The van der Waals surface area contributed by atoms with E-state index >= 15 is 0 Å². The van der Waals surface area contributed by atoms with E-state index in [-0.39, 0.29) is 0 Å². The van der Waals surface area contributed by atoms with E-state index in [4.69, 9.17) is 4.98 Å². The lowest BCUT2D eigenvalue weighted by atomic mass is 9.94. The standard InChI is InChI=1S/C17H24N4/c1-2-7-14-13(6-1)19-17(20-14)12-21-11-4-3-9-16(21)15-8-5-10-18-15/h1-2,6-7,15-16,18H,3-5,8-12H2,(H,19,20). The van der Waals surface area contributed by atoms with E-state index in [2.05, 4.69) is 39.5 Å². The highest BCUT2D eigenvalue weighted by Crippen LogP contribution is 2.25. The van der Waals surface area contributed by atoms with Gasteiger partial charge >= 0.3 is 0 Å². The molecule has 0 amide bonds. The minimum atomic E-state index is 0.689. The molecule has 21 heavy (non-hydrogen) atoms. The first-order valence-corrected chi connectivity index (χ1v) is 8.31. The molecular formula is C17H24N4. The molecule has 2 aliphatic heterocycles. The normalized spacial score (nSPS) is 27.4. The molecule has 1 aromatic carbocycles. The summed E-state index contributed by atoms with van der Waals surface area (Å²) in [5, 5.41) is 3.70. The Hall–Kier alpha value is -1.39. The van der Waals surface area contributed by atoms with Crippen molar-refractivity contribution in [2.75, 3.05) is 13.1 Å². The Bertz CT molecular complexity index is 567. The zero-order chi connectivity index (χ0) is 14.1. The lowest BCUT2D eigenvalue weighted by Gasteiger charge is -2.38. The highest BCUT2D eigenvalue weighted by Gasteiger charge is 2.31. The van der Waals surface area contributed by atoms with Gasteiger partial charge in [0.1, 0.15) is 5.82 Å². The molecule has 0 aliphatic carbocycles. The molecule has 2 atom stereocenters. The van der Waals surface area contributed by atoms with Crippen molar-refractivity contribution < 1.29 is 0 Å². The maximum absolute atomic E-state index is 4.75. The van der Waals surface area contributed by atoms with Crippen LogP contribution in [0.5, 0.6) is 0 Å². The lowest BCUT2D eigenvalue weighted by Crippen LogP contribution is -2.49. The van der Waals surface area contributed by atoms with E-state index in [9.17, 15) is 0 Å². The van der Waals surface area contributed by atoms with Crippen LogP contribution in [0.25, 0.3) is 11.0 Å². The first-order valence-electron chi connectivity index (χ1n) is 8.31. The van der Waals surface area contributed by atoms with E-state index in [0.29, 0.717) is 12.1 Å². The van der Waals surface area contributed by atoms with Gasteiger partial charge in [-0.2, -0.15) is 0 Å². The van der Waals surface area contributed by atoms with Gasteiger partial charge in [0.05, 0.1) is 17.6 Å². The number of rotatable bonds is 3. The Morgan fingerprint density at radius 2 is 2.10 bits per heavy atom. The molecule has 112 valence electrons. The zero-order valence-corrected chi connectivity index (χ0v) is 12.5. The molecule has 4 heteroatoms. The van der Waals surface area contributed by atoms with Crippen LogP contribution in [0.1, 0.15) is 37.9 Å². The van der Waals surface area contributed by atoms with Gasteiger partial charge in [-0.3, -0.25) is 4.90 Å². The number of nitrogens with one attached hydrogen (secondary N) is 2. The minimum absolute atomic E-state index is 0.689. The van der Waals surface area contributed by atoms with Crippen molar-refractivity contribution in [2.24, 2.45) is 0 Å². The minimum Gasteiger partial charge on any atom is -0.341 e. The summed E-state index contributed by atoms with van der Waals surface area (Å²) in [5.74, 6) is 1.11. The van der Waals surface area contributed by atoms with Crippen LogP contribution in [-0.4, -0.2) is 40.0 Å². The number of likely N-dealkylation sites (tertiary alicyclic amines) is 1. The van der Waals surface area contributed by atoms with Gasteiger partial charge in [0.25, 0.3) is 0 Å². The van der Waals surface area contributed by atoms with E-state index in [1.54, 1.807) is 0 Å². The summed E-state index contributed by atoms with van der Waals surface area (Å²) in [6, 6.07) is 9.69. The summed E-state index contributed by atoms with van der Waals surface area (Å²) in [5.41, 5.74) is 2.24. The molecule has 0 spiro atoms. The van der Waals surface area contributed by atoms with E-state index in [0.717, 1.165) is 23.4 Å². The first kappa shape index (κ1) is 13.3. The van der Waals surface area contributed by atoms with Gasteiger partial charge in [0.2, 0.25) is 0 Å². The molecule has 2 fully saturated rings. The number of hydrogen-bond donors (Lipinski definition) is 2. The van der Waals surface area contributed by atoms with Crippen molar-refractivity contribution in [3.8, 4) is 0 Å². The van der Waals surface area contributed by atoms with Crippen LogP contribution in [0, 0.1) is 0 Å². The molecule has 2 N–H and O–H groups in total. The fourth-order valence-electron chi connectivity index (χ4n) is 3.98. The number of aromatic nitrogens is 2. The SMILES string of the molecule is c1ccc2[nH]c(CN3CCCCC3C3CCCN3)nc2c1. The summed E-state index contributed by atoms with van der Waals surface area (Å²) in [4.78, 5) is 10.9. The Balaban J connectivity index is 1.53. The second kappa shape index (κ2) is 5.78. The summed E-state index contributed by atoms with van der Waals surface area (Å²) >= 11 is 0. The Morgan fingerprint density at radius 1 is 1.14 bits per heavy atom. The number of benzene rings is 1. The predicted molar refractivity (Wildman–Crippen MR) is 85.2 cm³/mol. The second-order valence-corrected chi connectivity index (χ2v) is 6.44. The number of nitrogens with zero attached hydrogens (tertiary/aromatic N) is 2. The molecule has 0 radical (unpaired) electrons. The third kappa shape index (κ3) is 2.70. The maximum atomic E-state index is 4.75.